The van der Waals surface area contributed by atoms with Gasteiger partial charge in [0.1, 0.15) is 0 Å². The van der Waals surface area contributed by atoms with E-state index in [2.05, 4.69) is 0 Å². The van der Waals surface area contributed by atoms with Gasteiger partial charge in [0, 0.05) is 19.1 Å². The number of likely N-dealkylation sites (tertiary alicyclic amines) is 1. The molecule has 1 heterocycles. The van der Waals surface area contributed by atoms with Crippen molar-refractivity contribution in [2.24, 2.45) is 17.6 Å². The number of hydrogen-bond acceptors (Lipinski definition) is 3. The molecule has 5 heteroatoms. The Morgan fingerprint density at radius 1 is 1.24 bits per heavy atom. The number of hydrogen-bond donors (Lipinski definition) is 2. The zero-order valence-electron chi connectivity index (χ0n) is 9.71. The van der Waals surface area contributed by atoms with E-state index in [1.165, 1.54) is 0 Å². The Morgan fingerprint density at radius 2 is 1.88 bits per heavy atom. The molecule has 94 valence electrons. The highest BCUT2D eigenvalue weighted by molar-refractivity contribution is 5.85. The lowest BCUT2D eigenvalue weighted by molar-refractivity contribution is -0.150. The first-order valence-electron chi connectivity index (χ1n) is 6.01. The molecule has 3 unspecified atom stereocenters. The van der Waals surface area contributed by atoms with Crippen molar-refractivity contribution in [3.63, 3.8) is 0 Å². The first kappa shape index (κ1) is 12.1. The van der Waals surface area contributed by atoms with E-state index in [0.29, 0.717) is 25.9 Å². The summed E-state index contributed by atoms with van der Waals surface area (Å²) in [5.74, 6) is -1.92. The molecule has 1 saturated heterocycles. The van der Waals surface area contributed by atoms with E-state index in [1.54, 1.807) is 4.90 Å². The molecule has 0 aromatic rings. The Balaban J connectivity index is 2.07. The number of nitrogens with zero attached hydrogens (tertiary/aromatic N) is 1. The number of carbonyl (C=O) groups excluding carboxylic acids is 1. The van der Waals surface area contributed by atoms with E-state index < -0.39 is 17.8 Å². The van der Waals surface area contributed by atoms with Gasteiger partial charge in [-0.1, -0.05) is 12.2 Å². The molecule has 3 N–H and O–H groups in total. The second-order valence-corrected chi connectivity index (χ2v) is 4.83. The topological polar surface area (TPSA) is 83.6 Å². The van der Waals surface area contributed by atoms with Crippen LogP contribution in [-0.4, -0.2) is 41.0 Å². The molecule has 1 aliphatic carbocycles. The van der Waals surface area contributed by atoms with Crippen molar-refractivity contribution < 1.29 is 14.7 Å². The summed E-state index contributed by atoms with van der Waals surface area (Å²) in [5.41, 5.74) is 5.76. The molecule has 1 aliphatic heterocycles. The van der Waals surface area contributed by atoms with Crippen LogP contribution in [0.25, 0.3) is 0 Å². The normalized spacial score (nSPS) is 32.8. The molecule has 0 aromatic heterocycles. The average molecular weight is 238 g/mol. The first-order valence-corrected chi connectivity index (χ1v) is 6.01. The molecular weight excluding hydrogens is 220 g/mol. The quantitative estimate of drug-likeness (QED) is 0.674. The van der Waals surface area contributed by atoms with E-state index in [-0.39, 0.29) is 11.9 Å². The van der Waals surface area contributed by atoms with Gasteiger partial charge >= 0.3 is 5.97 Å². The number of carboxylic acids is 1. The van der Waals surface area contributed by atoms with Crippen molar-refractivity contribution in [1.82, 2.24) is 4.90 Å². The summed E-state index contributed by atoms with van der Waals surface area (Å²) in [4.78, 5) is 25.1. The molecule has 0 radical (unpaired) electrons. The van der Waals surface area contributed by atoms with Gasteiger partial charge in [-0.05, 0) is 19.3 Å². The van der Waals surface area contributed by atoms with Gasteiger partial charge < -0.3 is 15.7 Å². The number of allylic oxidation sites excluding steroid dienone is 2. The van der Waals surface area contributed by atoms with E-state index >= 15 is 0 Å². The van der Waals surface area contributed by atoms with Gasteiger partial charge in [-0.25, -0.2) is 0 Å². The Kier molecular flexibility index (Phi) is 3.47. The fourth-order valence-electron chi connectivity index (χ4n) is 2.58. The number of nitrogens with two attached hydrogens (primary N) is 1. The van der Waals surface area contributed by atoms with Crippen LogP contribution in [-0.2, 0) is 9.59 Å². The molecule has 0 spiro atoms. The molecule has 2 aliphatic rings. The standard InChI is InChI=1S/C12H18N2O3/c13-8-5-6-14(7-8)11(15)9-3-1-2-4-10(9)12(16)17/h1-2,8-10H,3-7,13H2,(H,16,17). The van der Waals surface area contributed by atoms with Crippen LogP contribution in [0.5, 0.6) is 0 Å². The van der Waals surface area contributed by atoms with Gasteiger partial charge in [-0.3, -0.25) is 9.59 Å². The Labute approximate surface area is 100 Å². The molecular formula is C12H18N2O3. The Morgan fingerprint density at radius 3 is 2.41 bits per heavy atom. The minimum atomic E-state index is -0.879. The lowest BCUT2D eigenvalue weighted by Crippen LogP contribution is -2.41. The molecule has 0 bridgehead atoms. The maximum absolute atomic E-state index is 12.2. The summed E-state index contributed by atoms with van der Waals surface area (Å²) in [6, 6.07) is 0.0429. The van der Waals surface area contributed by atoms with E-state index in [9.17, 15) is 9.59 Å². The van der Waals surface area contributed by atoms with E-state index in [4.69, 9.17) is 10.8 Å². The maximum Gasteiger partial charge on any atom is 0.307 e. The third kappa shape index (κ3) is 2.49. The highest BCUT2D eigenvalue weighted by Gasteiger charge is 2.37. The molecule has 0 aromatic carbocycles. The van der Waals surface area contributed by atoms with Crippen LogP contribution in [0.1, 0.15) is 19.3 Å². The molecule has 0 saturated carbocycles. The Hall–Kier alpha value is -1.36. The van der Waals surface area contributed by atoms with Crippen LogP contribution >= 0.6 is 0 Å². The molecule has 1 amide bonds. The van der Waals surface area contributed by atoms with Crippen molar-refractivity contribution in [1.29, 1.82) is 0 Å². The van der Waals surface area contributed by atoms with Gasteiger partial charge in [0.05, 0.1) is 11.8 Å². The van der Waals surface area contributed by atoms with Crippen molar-refractivity contribution in [2.45, 2.75) is 25.3 Å². The highest BCUT2D eigenvalue weighted by Crippen LogP contribution is 2.28. The van der Waals surface area contributed by atoms with Crippen molar-refractivity contribution in [3.8, 4) is 0 Å². The summed E-state index contributed by atoms with van der Waals surface area (Å²) in [6.45, 7) is 1.22. The lowest BCUT2D eigenvalue weighted by Gasteiger charge is -2.28. The maximum atomic E-state index is 12.2. The van der Waals surface area contributed by atoms with Crippen LogP contribution in [0, 0.1) is 11.8 Å². The third-order valence-corrected chi connectivity index (χ3v) is 3.60. The predicted molar refractivity (Wildman–Crippen MR) is 62.2 cm³/mol. The average Bonchev–Trinajstić information content (AvgIpc) is 2.75. The number of carboxylic acid groups (broad SMARTS) is 1. The molecule has 1 fully saturated rings. The van der Waals surface area contributed by atoms with Gasteiger partial charge in [0.2, 0.25) is 5.91 Å². The van der Waals surface area contributed by atoms with Gasteiger partial charge in [0.15, 0.2) is 0 Å². The van der Waals surface area contributed by atoms with E-state index in [1.807, 2.05) is 12.2 Å². The van der Waals surface area contributed by atoms with Crippen molar-refractivity contribution >= 4 is 11.9 Å². The zero-order valence-corrected chi connectivity index (χ0v) is 9.71. The fourth-order valence-corrected chi connectivity index (χ4v) is 2.58. The molecule has 5 nitrogen and oxygen atoms in total. The molecule has 17 heavy (non-hydrogen) atoms. The lowest BCUT2D eigenvalue weighted by atomic mass is 9.82. The van der Waals surface area contributed by atoms with Crippen LogP contribution in [0.15, 0.2) is 12.2 Å². The van der Waals surface area contributed by atoms with Crippen molar-refractivity contribution in [3.05, 3.63) is 12.2 Å². The minimum Gasteiger partial charge on any atom is -0.481 e. The highest BCUT2D eigenvalue weighted by atomic mass is 16.4. The van der Waals surface area contributed by atoms with Crippen LogP contribution in [0.2, 0.25) is 0 Å². The van der Waals surface area contributed by atoms with Crippen molar-refractivity contribution in [2.75, 3.05) is 13.1 Å². The van der Waals surface area contributed by atoms with Crippen LogP contribution in [0.3, 0.4) is 0 Å². The summed E-state index contributed by atoms with van der Waals surface area (Å²) in [6.07, 6.45) is 5.54. The van der Waals surface area contributed by atoms with Crippen LogP contribution in [0.4, 0.5) is 0 Å². The largest absolute Gasteiger partial charge is 0.481 e. The van der Waals surface area contributed by atoms with Crippen LogP contribution < -0.4 is 5.73 Å². The second-order valence-electron chi connectivity index (χ2n) is 4.83. The van der Waals surface area contributed by atoms with Gasteiger partial charge in [-0.15, -0.1) is 0 Å². The van der Waals surface area contributed by atoms with Gasteiger partial charge in [-0.2, -0.15) is 0 Å². The van der Waals surface area contributed by atoms with E-state index in [0.717, 1.165) is 6.42 Å². The Bertz CT molecular complexity index is 354. The predicted octanol–water partition coefficient (Wildman–Crippen LogP) is 0.213. The monoisotopic (exact) mass is 238 g/mol. The molecule has 3 atom stereocenters. The number of rotatable bonds is 2. The summed E-state index contributed by atoms with van der Waals surface area (Å²) in [7, 11) is 0. The second kappa shape index (κ2) is 4.87. The summed E-state index contributed by atoms with van der Waals surface area (Å²) >= 11 is 0. The molecule has 2 rings (SSSR count). The zero-order chi connectivity index (χ0) is 12.4. The minimum absolute atomic E-state index is 0.0429. The number of amides is 1. The fraction of sp³-hybridized carbons (Fsp3) is 0.667. The van der Waals surface area contributed by atoms with Gasteiger partial charge in [0.25, 0.3) is 0 Å². The summed E-state index contributed by atoms with van der Waals surface area (Å²) in [5, 5.41) is 9.12. The summed E-state index contributed by atoms with van der Waals surface area (Å²) < 4.78 is 0. The SMILES string of the molecule is NC1CCN(C(=O)C2CC=CCC2C(=O)O)C1. The third-order valence-electron chi connectivity index (χ3n) is 3.60. The first-order chi connectivity index (χ1) is 8.09. The smallest absolute Gasteiger partial charge is 0.307 e. The number of carbonyl (C=O) groups is 2. The number of aliphatic carboxylic acids is 1.